The van der Waals surface area contributed by atoms with Crippen molar-refractivity contribution in [3.8, 4) is 0 Å². The summed E-state index contributed by atoms with van der Waals surface area (Å²) in [6, 6.07) is 5.62. The second-order valence-corrected chi connectivity index (χ2v) is 4.37. The lowest BCUT2D eigenvalue weighted by Gasteiger charge is -2.03. The first kappa shape index (κ1) is 17.4. The summed E-state index contributed by atoms with van der Waals surface area (Å²) in [7, 11) is 1.37. The number of aryl methyl sites for hydroxylation is 1. The Labute approximate surface area is 118 Å². The Hall–Kier alpha value is -1.56. The van der Waals surface area contributed by atoms with Crippen molar-refractivity contribution >= 4 is 22.9 Å². The number of nitrogens with two attached hydrogens (primary N) is 1. The largest absolute Gasteiger partial charge is 0.469 e. The summed E-state index contributed by atoms with van der Waals surface area (Å²) >= 11 is 1.23. The van der Waals surface area contributed by atoms with Gasteiger partial charge in [0.15, 0.2) is 5.17 Å². The molecule has 1 aromatic heterocycles. The van der Waals surface area contributed by atoms with Crippen LogP contribution in [0, 0.1) is 5.41 Å². The van der Waals surface area contributed by atoms with Crippen LogP contribution in [0.15, 0.2) is 18.2 Å². The van der Waals surface area contributed by atoms with Crippen molar-refractivity contribution in [2.45, 2.75) is 32.4 Å². The van der Waals surface area contributed by atoms with E-state index in [1.165, 1.54) is 18.9 Å². The van der Waals surface area contributed by atoms with E-state index in [0.717, 1.165) is 11.4 Å². The van der Waals surface area contributed by atoms with Gasteiger partial charge < -0.3 is 10.5 Å². The van der Waals surface area contributed by atoms with Crippen LogP contribution in [0.2, 0.25) is 0 Å². The van der Waals surface area contributed by atoms with Gasteiger partial charge in [-0.25, -0.2) is 0 Å². The van der Waals surface area contributed by atoms with Crippen molar-refractivity contribution in [2.75, 3.05) is 7.11 Å². The zero-order valence-corrected chi connectivity index (χ0v) is 12.4. The molecule has 6 heteroatoms. The molecule has 19 heavy (non-hydrogen) atoms. The lowest BCUT2D eigenvalue weighted by molar-refractivity contribution is -0.140. The summed E-state index contributed by atoms with van der Waals surface area (Å²) in [6.07, 6.45) is 0.887. The molecule has 0 unspecified atom stereocenters. The molecule has 0 saturated carbocycles. The quantitative estimate of drug-likeness (QED) is 0.492. The molecule has 0 aromatic carbocycles. The van der Waals surface area contributed by atoms with Crippen LogP contribution in [0.25, 0.3) is 0 Å². The van der Waals surface area contributed by atoms with E-state index in [9.17, 15) is 4.79 Å². The van der Waals surface area contributed by atoms with Crippen LogP contribution in [0.1, 0.15) is 31.7 Å². The number of thioether (sulfide) groups is 1. The second-order valence-electron chi connectivity index (χ2n) is 3.35. The lowest BCUT2D eigenvalue weighted by atomic mass is 10.2. The molecule has 1 rings (SSSR count). The highest BCUT2D eigenvalue weighted by atomic mass is 32.2. The Kier molecular flexibility index (Phi) is 9.52. The molecule has 0 aliphatic rings. The topological polar surface area (TPSA) is 89.1 Å². The van der Waals surface area contributed by atoms with Crippen LogP contribution in [-0.4, -0.2) is 23.2 Å². The number of pyridine rings is 1. The molecule has 0 saturated heterocycles. The molecule has 0 radical (unpaired) electrons. The molecule has 0 atom stereocenters. The van der Waals surface area contributed by atoms with Gasteiger partial charge in [0.2, 0.25) is 0 Å². The van der Waals surface area contributed by atoms with Gasteiger partial charge in [0.25, 0.3) is 0 Å². The number of hydrogen-bond acceptors (Lipinski definition) is 5. The van der Waals surface area contributed by atoms with Gasteiger partial charge in [0, 0.05) is 17.9 Å². The minimum absolute atomic E-state index is 0.0757. The van der Waals surface area contributed by atoms with Crippen LogP contribution < -0.4 is 5.73 Å². The number of hydrogen-bond donors (Lipinski definition) is 2. The second kappa shape index (κ2) is 10.4. The predicted molar refractivity (Wildman–Crippen MR) is 79.1 cm³/mol. The van der Waals surface area contributed by atoms with Crippen LogP contribution >= 0.6 is 11.8 Å². The SMILES string of the molecule is CC.COC(=O)CCc1cccc(CSC(=N)N)n1. The summed E-state index contributed by atoms with van der Waals surface area (Å²) in [4.78, 5) is 15.4. The molecule has 1 aromatic rings. The maximum absolute atomic E-state index is 11.0. The van der Waals surface area contributed by atoms with Crippen molar-refractivity contribution in [1.82, 2.24) is 4.98 Å². The fourth-order valence-electron chi connectivity index (χ4n) is 1.23. The van der Waals surface area contributed by atoms with Gasteiger partial charge >= 0.3 is 5.97 Å². The third-order valence-corrected chi connectivity index (χ3v) is 2.80. The number of nitrogens with one attached hydrogen (secondary N) is 1. The van der Waals surface area contributed by atoms with Crippen molar-refractivity contribution in [2.24, 2.45) is 5.73 Å². The van der Waals surface area contributed by atoms with Crippen LogP contribution in [0.3, 0.4) is 0 Å². The minimum atomic E-state index is -0.240. The molecule has 0 amide bonds. The van der Waals surface area contributed by atoms with Gasteiger partial charge in [-0.1, -0.05) is 31.7 Å². The van der Waals surface area contributed by atoms with E-state index < -0.39 is 0 Å². The molecule has 0 aliphatic carbocycles. The average Bonchev–Trinajstić information content (AvgIpc) is 2.45. The summed E-state index contributed by atoms with van der Waals surface area (Å²) in [5, 5.41) is 7.19. The van der Waals surface area contributed by atoms with E-state index >= 15 is 0 Å². The number of aromatic nitrogens is 1. The van der Waals surface area contributed by atoms with Crippen molar-refractivity contribution in [1.29, 1.82) is 5.41 Å². The first-order chi connectivity index (χ1) is 9.11. The number of amidine groups is 1. The van der Waals surface area contributed by atoms with E-state index in [4.69, 9.17) is 11.1 Å². The number of methoxy groups -OCH3 is 1. The Morgan fingerprint density at radius 1 is 1.42 bits per heavy atom. The molecule has 1 heterocycles. The Morgan fingerprint density at radius 3 is 2.63 bits per heavy atom. The van der Waals surface area contributed by atoms with E-state index in [0.29, 0.717) is 18.6 Å². The average molecular weight is 283 g/mol. The van der Waals surface area contributed by atoms with E-state index in [2.05, 4.69) is 9.72 Å². The highest BCUT2D eigenvalue weighted by molar-refractivity contribution is 8.13. The van der Waals surface area contributed by atoms with Crippen LogP contribution in [-0.2, 0) is 21.7 Å². The normalized spacial score (nSPS) is 9.21. The number of rotatable bonds is 5. The molecule has 0 fully saturated rings. The summed E-state index contributed by atoms with van der Waals surface area (Å²) in [6.45, 7) is 4.00. The standard InChI is InChI=1S/C11H15N3O2S.C2H6/c1-16-10(15)6-5-8-3-2-4-9(14-8)7-17-11(12)13;1-2/h2-4H,5-7H2,1H3,(H3,12,13);1-2H3. The number of carbonyl (C=O) groups excluding carboxylic acids is 1. The maximum Gasteiger partial charge on any atom is 0.305 e. The van der Waals surface area contributed by atoms with E-state index in [1.54, 1.807) is 0 Å². The van der Waals surface area contributed by atoms with Gasteiger partial charge in [0.1, 0.15) is 0 Å². The van der Waals surface area contributed by atoms with Crippen molar-refractivity contribution in [3.63, 3.8) is 0 Å². The van der Waals surface area contributed by atoms with Crippen molar-refractivity contribution in [3.05, 3.63) is 29.6 Å². The third-order valence-electron chi connectivity index (χ3n) is 2.05. The molecule has 5 nitrogen and oxygen atoms in total. The molecule has 0 spiro atoms. The van der Waals surface area contributed by atoms with Gasteiger partial charge in [-0.3, -0.25) is 15.2 Å². The highest BCUT2D eigenvalue weighted by Gasteiger charge is 2.04. The molecule has 3 N–H and O–H groups in total. The van der Waals surface area contributed by atoms with E-state index in [1.807, 2.05) is 32.0 Å². The first-order valence-electron chi connectivity index (χ1n) is 6.10. The smallest absolute Gasteiger partial charge is 0.305 e. The molecule has 106 valence electrons. The molecular weight excluding hydrogens is 262 g/mol. The summed E-state index contributed by atoms with van der Waals surface area (Å²) in [5.41, 5.74) is 6.95. The zero-order valence-electron chi connectivity index (χ0n) is 11.6. The van der Waals surface area contributed by atoms with E-state index in [-0.39, 0.29) is 11.1 Å². The maximum atomic E-state index is 11.0. The van der Waals surface area contributed by atoms with Crippen LogP contribution in [0.4, 0.5) is 0 Å². The first-order valence-corrected chi connectivity index (χ1v) is 7.09. The monoisotopic (exact) mass is 283 g/mol. The van der Waals surface area contributed by atoms with Gasteiger partial charge in [-0.05, 0) is 12.1 Å². The fourth-order valence-corrected chi connectivity index (χ4v) is 1.70. The van der Waals surface area contributed by atoms with Gasteiger partial charge in [-0.15, -0.1) is 0 Å². The highest BCUT2D eigenvalue weighted by Crippen LogP contribution is 2.10. The number of nitrogens with zero attached hydrogens (tertiary/aromatic N) is 1. The molecule has 0 aliphatic heterocycles. The predicted octanol–water partition coefficient (Wildman–Crippen LogP) is 2.34. The number of carbonyl (C=O) groups is 1. The Balaban J connectivity index is 0.00000154. The third kappa shape index (κ3) is 8.20. The number of esters is 1. The number of ether oxygens (including phenoxy) is 1. The molecule has 0 bridgehead atoms. The summed E-state index contributed by atoms with van der Waals surface area (Å²) in [5.74, 6) is 0.330. The minimum Gasteiger partial charge on any atom is -0.469 e. The van der Waals surface area contributed by atoms with Gasteiger partial charge in [-0.2, -0.15) is 0 Å². The zero-order chi connectivity index (χ0) is 14.7. The fraction of sp³-hybridized carbons (Fsp3) is 0.462. The van der Waals surface area contributed by atoms with Crippen molar-refractivity contribution < 1.29 is 9.53 Å². The molecular formula is C13H21N3O2S. The summed E-state index contributed by atoms with van der Waals surface area (Å²) < 4.78 is 4.57. The Morgan fingerprint density at radius 2 is 2.05 bits per heavy atom. The van der Waals surface area contributed by atoms with Gasteiger partial charge in [0.05, 0.1) is 19.2 Å². The van der Waals surface area contributed by atoms with Crippen LogP contribution in [0.5, 0.6) is 0 Å². The Bertz CT molecular complexity index is 411. The lowest BCUT2D eigenvalue weighted by Crippen LogP contribution is -2.06.